The van der Waals surface area contributed by atoms with E-state index in [9.17, 15) is 22.8 Å². The van der Waals surface area contributed by atoms with Crippen LogP contribution in [-0.2, 0) is 4.79 Å². The first-order valence-corrected chi connectivity index (χ1v) is 7.63. The lowest BCUT2D eigenvalue weighted by Crippen LogP contribution is -2.54. The molecular weight excluding hydrogens is 325 g/mol. The van der Waals surface area contributed by atoms with Gasteiger partial charge in [-0.2, -0.15) is 13.2 Å². The summed E-state index contributed by atoms with van der Waals surface area (Å²) in [7, 11) is 1.40. The van der Waals surface area contributed by atoms with Gasteiger partial charge in [-0.3, -0.25) is 14.5 Å². The Morgan fingerprint density at radius 3 is 2.54 bits per heavy atom. The zero-order valence-electron chi connectivity index (χ0n) is 13.8. The van der Waals surface area contributed by atoms with Crippen LogP contribution < -0.4 is 10.6 Å². The van der Waals surface area contributed by atoms with Gasteiger partial charge in [0.15, 0.2) is 0 Å². The lowest BCUT2D eigenvalue weighted by Gasteiger charge is -2.38. The number of rotatable bonds is 3. The molecule has 2 amide bonds. The summed E-state index contributed by atoms with van der Waals surface area (Å²) in [5.41, 5.74) is 1.23. The largest absolute Gasteiger partial charge is 0.404 e. The molecule has 0 aliphatic carbocycles. The second kappa shape index (κ2) is 6.84. The molecule has 1 aliphatic heterocycles. The van der Waals surface area contributed by atoms with Crippen LogP contribution in [0, 0.1) is 6.92 Å². The molecule has 1 fully saturated rings. The van der Waals surface area contributed by atoms with E-state index in [1.807, 2.05) is 0 Å². The second-order valence-corrected chi connectivity index (χ2v) is 6.13. The van der Waals surface area contributed by atoms with Crippen LogP contribution in [0.2, 0.25) is 0 Å². The Labute approximate surface area is 137 Å². The number of aromatic nitrogens is 1. The van der Waals surface area contributed by atoms with Gasteiger partial charge in [-0.15, -0.1) is 0 Å². The summed E-state index contributed by atoms with van der Waals surface area (Å²) in [6.45, 7) is 3.14. The quantitative estimate of drug-likeness (QED) is 0.784. The van der Waals surface area contributed by atoms with Gasteiger partial charge in [0.25, 0.3) is 5.91 Å². The number of likely N-dealkylation sites (tertiary alicyclic amines) is 1. The second-order valence-electron chi connectivity index (χ2n) is 6.13. The zero-order chi connectivity index (χ0) is 18.1. The standard InChI is InChI=1S/C15H21F3N4O2/c1-8-13(11(6-19-8)20-9(2)23)14(24)21-10-4-5-12(15(16,17)18)22(3)7-10/h6,10,12,19H,4-5,7H2,1-3H3,(H,20,23)(H,21,24)/t10-,12+/m1/s1. The van der Waals surface area contributed by atoms with E-state index in [-0.39, 0.29) is 31.3 Å². The van der Waals surface area contributed by atoms with Crippen LogP contribution in [0.15, 0.2) is 6.20 Å². The molecular formula is C15H21F3N4O2. The summed E-state index contributed by atoms with van der Waals surface area (Å²) in [6.07, 6.45) is -2.56. The highest BCUT2D eigenvalue weighted by Gasteiger charge is 2.45. The number of hydrogen-bond acceptors (Lipinski definition) is 3. The molecule has 1 aromatic rings. The van der Waals surface area contributed by atoms with Crippen molar-refractivity contribution in [2.75, 3.05) is 18.9 Å². The molecule has 0 saturated carbocycles. The Kier molecular flexibility index (Phi) is 5.22. The summed E-state index contributed by atoms with van der Waals surface area (Å²) < 4.78 is 38.6. The van der Waals surface area contributed by atoms with E-state index in [0.29, 0.717) is 16.9 Å². The first-order valence-electron chi connectivity index (χ1n) is 7.63. The summed E-state index contributed by atoms with van der Waals surface area (Å²) in [5.74, 6) is -0.727. The lowest BCUT2D eigenvalue weighted by molar-refractivity contribution is -0.188. The van der Waals surface area contributed by atoms with Crippen LogP contribution in [0.3, 0.4) is 0 Å². The van der Waals surface area contributed by atoms with Crippen molar-refractivity contribution in [3.8, 4) is 0 Å². The van der Waals surface area contributed by atoms with Crippen molar-refractivity contribution in [3.63, 3.8) is 0 Å². The molecule has 1 aromatic heterocycles. The number of H-pyrrole nitrogens is 1. The summed E-state index contributed by atoms with van der Waals surface area (Å²) >= 11 is 0. The average molecular weight is 346 g/mol. The van der Waals surface area contributed by atoms with Crippen LogP contribution in [0.4, 0.5) is 18.9 Å². The van der Waals surface area contributed by atoms with Crippen molar-refractivity contribution in [3.05, 3.63) is 17.5 Å². The van der Waals surface area contributed by atoms with Crippen molar-refractivity contribution in [2.45, 2.75) is 44.9 Å². The van der Waals surface area contributed by atoms with E-state index in [4.69, 9.17) is 0 Å². The predicted octanol–water partition coefficient (Wildman–Crippen LogP) is 2.04. The molecule has 2 heterocycles. The van der Waals surface area contributed by atoms with Gasteiger partial charge in [0.1, 0.15) is 6.04 Å². The number of anilines is 1. The van der Waals surface area contributed by atoms with E-state index < -0.39 is 18.1 Å². The molecule has 2 atom stereocenters. The number of carbonyl (C=O) groups is 2. The fourth-order valence-corrected chi connectivity index (χ4v) is 3.04. The van der Waals surface area contributed by atoms with Crippen LogP contribution >= 0.6 is 0 Å². The van der Waals surface area contributed by atoms with E-state index in [0.717, 1.165) is 0 Å². The number of nitrogens with zero attached hydrogens (tertiary/aromatic N) is 1. The Balaban J connectivity index is 2.04. The number of alkyl halides is 3. The molecule has 0 radical (unpaired) electrons. The van der Waals surface area contributed by atoms with Crippen molar-refractivity contribution in [1.29, 1.82) is 0 Å². The number of hydrogen-bond donors (Lipinski definition) is 3. The third-order valence-electron chi connectivity index (χ3n) is 4.16. The molecule has 9 heteroatoms. The Hall–Kier alpha value is -2.03. The third kappa shape index (κ3) is 4.08. The maximum atomic E-state index is 12.9. The van der Waals surface area contributed by atoms with E-state index in [1.54, 1.807) is 6.92 Å². The first-order chi connectivity index (χ1) is 11.1. The van der Waals surface area contributed by atoms with Crippen molar-refractivity contribution >= 4 is 17.5 Å². The van der Waals surface area contributed by atoms with Crippen LogP contribution in [0.5, 0.6) is 0 Å². The zero-order valence-corrected chi connectivity index (χ0v) is 13.8. The molecule has 134 valence electrons. The van der Waals surface area contributed by atoms with Gasteiger partial charge in [0.2, 0.25) is 5.91 Å². The lowest BCUT2D eigenvalue weighted by atomic mass is 9.98. The molecule has 3 N–H and O–H groups in total. The first kappa shape index (κ1) is 18.3. The molecule has 2 rings (SSSR count). The Morgan fingerprint density at radius 1 is 1.33 bits per heavy atom. The summed E-state index contributed by atoms with van der Waals surface area (Å²) in [5, 5.41) is 5.32. The molecule has 24 heavy (non-hydrogen) atoms. The molecule has 6 nitrogen and oxygen atoms in total. The van der Waals surface area contributed by atoms with Gasteiger partial charge in [-0.1, -0.05) is 0 Å². The number of carbonyl (C=O) groups excluding carboxylic acids is 2. The fraction of sp³-hybridized carbons (Fsp3) is 0.600. The highest BCUT2D eigenvalue weighted by Crippen LogP contribution is 2.31. The number of nitrogens with one attached hydrogen (secondary N) is 3. The average Bonchev–Trinajstić information content (AvgIpc) is 2.77. The third-order valence-corrected chi connectivity index (χ3v) is 4.16. The normalized spacial score (nSPS) is 22.2. The van der Waals surface area contributed by atoms with E-state index in [1.165, 1.54) is 25.1 Å². The maximum Gasteiger partial charge on any atom is 0.404 e. The number of piperidine rings is 1. The van der Waals surface area contributed by atoms with Gasteiger partial charge in [0, 0.05) is 31.4 Å². The van der Waals surface area contributed by atoms with Gasteiger partial charge < -0.3 is 15.6 Å². The number of aryl methyl sites for hydroxylation is 1. The SMILES string of the molecule is CC(=O)Nc1c[nH]c(C)c1C(=O)N[C@@H]1CC[C@@H](C(F)(F)F)N(C)C1. The van der Waals surface area contributed by atoms with Gasteiger partial charge in [-0.05, 0) is 26.8 Å². The number of aromatic amines is 1. The van der Waals surface area contributed by atoms with Crippen LogP contribution in [0.1, 0.15) is 35.8 Å². The number of likely N-dealkylation sites (N-methyl/N-ethyl adjacent to an activating group) is 1. The monoisotopic (exact) mass is 346 g/mol. The topological polar surface area (TPSA) is 77.2 Å². The number of halogens is 3. The molecule has 0 unspecified atom stereocenters. The summed E-state index contributed by atoms with van der Waals surface area (Å²) in [6, 6.07) is -1.85. The van der Waals surface area contributed by atoms with Gasteiger partial charge in [0.05, 0.1) is 11.3 Å². The molecule has 0 aromatic carbocycles. The van der Waals surface area contributed by atoms with Crippen LogP contribution in [0.25, 0.3) is 0 Å². The maximum absolute atomic E-state index is 12.9. The van der Waals surface area contributed by atoms with Crippen LogP contribution in [-0.4, -0.2) is 53.6 Å². The Bertz CT molecular complexity index is 627. The van der Waals surface area contributed by atoms with Crippen molar-refractivity contribution in [1.82, 2.24) is 15.2 Å². The molecule has 1 aliphatic rings. The Morgan fingerprint density at radius 2 is 2.00 bits per heavy atom. The molecule has 0 spiro atoms. The minimum absolute atomic E-state index is 0.0599. The highest BCUT2D eigenvalue weighted by atomic mass is 19.4. The predicted molar refractivity (Wildman–Crippen MR) is 82.8 cm³/mol. The smallest absolute Gasteiger partial charge is 0.363 e. The van der Waals surface area contributed by atoms with E-state index in [2.05, 4.69) is 15.6 Å². The molecule has 1 saturated heterocycles. The minimum Gasteiger partial charge on any atom is -0.363 e. The van der Waals surface area contributed by atoms with E-state index >= 15 is 0 Å². The van der Waals surface area contributed by atoms with Crippen molar-refractivity contribution in [2.24, 2.45) is 0 Å². The highest BCUT2D eigenvalue weighted by molar-refractivity contribution is 6.04. The minimum atomic E-state index is -4.26. The molecule has 0 bridgehead atoms. The van der Waals surface area contributed by atoms with Gasteiger partial charge in [-0.25, -0.2) is 0 Å². The number of amides is 2. The van der Waals surface area contributed by atoms with Gasteiger partial charge >= 0.3 is 6.18 Å². The fourth-order valence-electron chi connectivity index (χ4n) is 3.04. The van der Waals surface area contributed by atoms with Crippen molar-refractivity contribution < 1.29 is 22.8 Å². The summed E-state index contributed by atoms with van der Waals surface area (Å²) in [4.78, 5) is 27.7.